The summed E-state index contributed by atoms with van der Waals surface area (Å²) >= 11 is 3.51. The Morgan fingerprint density at radius 3 is 2.93 bits per heavy atom. The van der Waals surface area contributed by atoms with E-state index in [4.69, 9.17) is 4.74 Å². The van der Waals surface area contributed by atoms with Crippen LogP contribution in [0.5, 0.6) is 0 Å². The van der Waals surface area contributed by atoms with E-state index in [0.29, 0.717) is 0 Å². The Kier molecular flexibility index (Phi) is 4.11. The summed E-state index contributed by atoms with van der Waals surface area (Å²) in [4.78, 5) is 4.42. The van der Waals surface area contributed by atoms with Crippen molar-refractivity contribution in [1.29, 1.82) is 0 Å². The lowest BCUT2D eigenvalue weighted by atomic mass is 10.2. The third-order valence-corrected chi connectivity index (χ3v) is 4.50. The van der Waals surface area contributed by atoms with Gasteiger partial charge in [0.15, 0.2) is 0 Å². The van der Waals surface area contributed by atoms with Crippen LogP contribution in [0, 0.1) is 0 Å². The molecule has 0 bridgehead atoms. The fourth-order valence-electron chi connectivity index (χ4n) is 1.26. The number of aliphatic imine (C=N–C) groups is 1. The van der Waals surface area contributed by atoms with Gasteiger partial charge in [0.25, 0.3) is 0 Å². The lowest BCUT2D eigenvalue weighted by molar-refractivity contribution is 0.182. The van der Waals surface area contributed by atoms with Crippen LogP contribution in [0.25, 0.3) is 0 Å². The topological polar surface area (TPSA) is 21.6 Å². The fourth-order valence-corrected chi connectivity index (χ4v) is 3.30. The van der Waals surface area contributed by atoms with E-state index in [1.807, 2.05) is 6.07 Å². The van der Waals surface area contributed by atoms with E-state index in [9.17, 15) is 0 Å². The fraction of sp³-hybridized carbons (Fsp3) is 0.364. The molecule has 4 heteroatoms. The molecule has 1 aromatic carbocycles. The summed E-state index contributed by atoms with van der Waals surface area (Å²) in [5.74, 6) is 0.989. The van der Waals surface area contributed by atoms with E-state index in [0.717, 1.165) is 16.7 Å². The van der Waals surface area contributed by atoms with Gasteiger partial charge in [-0.1, -0.05) is 53.9 Å². The second-order valence-corrected chi connectivity index (χ2v) is 5.53. The molecule has 1 heterocycles. The molecule has 1 aliphatic heterocycles. The van der Waals surface area contributed by atoms with E-state index < -0.39 is 0 Å². The lowest BCUT2D eigenvalue weighted by Gasteiger charge is -2.04. The standard InChI is InChI=1S/C11H13NOS2/c1-13-10-7-12-11(15-10)14-8-9-5-3-2-4-6-9/h2-6,10H,7-8H2,1H3. The highest BCUT2D eigenvalue weighted by molar-refractivity contribution is 8.39. The average molecular weight is 239 g/mol. The highest BCUT2D eigenvalue weighted by atomic mass is 32.2. The zero-order valence-corrected chi connectivity index (χ0v) is 10.2. The molecule has 0 spiro atoms. The zero-order valence-electron chi connectivity index (χ0n) is 8.55. The molecule has 0 aliphatic carbocycles. The van der Waals surface area contributed by atoms with Gasteiger partial charge in [-0.25, -0.2) is 0 Å². The first kappa shape index (κ1) is 11.0. The zero-order chi connectivity index (χ0) is 10.5. The molecule has 1 atom stereocenters. The number of thioether (sulfide) groups is 2. The largest absolute Gasteiger partial charge is 0.368 e. The van der Waals surface area contributed by atoms with Crippen LogP contribution in [-0.4, -0.2) is 23.5 Å². The minimum absolute atomic E-state index is 0.225. The van der Waals surface area contributed by atoms with Gasteiger partial charge in [0.1, 0.15) is 9.81 Å². The molecule has 0 aromatic heterocycles. The van der Waals surface area contributed by atoms with E-state index in [-0.39, 0.29) is 5.44 Å². The van der Waals surface area contributed by atoms with Gasteiger partial charge in [-0.2, -0.15) is 0 Å². The number of rotatable bonds is 3. The van der Waals surface area contributed by atoms with Gasteiger partial charge in [0, 0.05) is 12.9 Å². The Hall–Kier alpha value is -0.450. The van der Waals surface area contributed by atoms with Gasteiger partial charge >= 0.3 is 0 Å². The molecule has 15 heavy (non-hydrogen) atoms. The number of benzene rings is 1. The van der Waals surface area contributed by atoms with Crippen molar-refractivity contribution in [2.75, 3.05) is 13.7 Å². The number of hydrogen-bond donors (Lipinski definition) is 0. The van der Waals surface area contributed by atoms with E-state index >= 15 is 0 Å². The molecule has 80 valence electrons. The van der Waals surface area contributed by atoms with Gasteiger partial charge < -0.3 is 4.74 Å². The molecule has 0 amide bonds. The molecule has 1 aliphatic rings. The third kappa shape index (κ3) is 3.26. The minimum atomic E-state index is 0.225. The molecule has 2 rings (SSSR count). The first-order valence-corrected chi connectivity index (χ1v) is 6.65. The summed E-state index contributed by atoms with van der Waals surface area (Å²) in [5.41, 5.74) is 1.56. The predicted octanol–water partition coefficient (Wildman–Crippen LogP) is 3.00. The van der Waals surface area contributed by atoms with Gasteiger partial charge in [-0.05, 0) is 5.56 Å². The Morgan fingerprint density at radius 1 is 1.47 bits per heavy atom. The monoisotopic (exact) mass is 239 g/mol. The molecular weight excluding hydrogens is 226 g/mol. The summed E-state index contributed by atoms with van der Waals surface area (Å²) in [6.45, 7) is 0.790. The highest BCUT2D eigenvalue weighted by Crippen LogP contribution is 2.30. The van der Waals surface area contributed by atoms with Crippen molar-refractivity contribution in [2.24, 2.45) is 4.99 Å². The first-order chi connectivity index (χ1) is 7.38. The summed E-state index contributed by atoms with van der Waals surface area (Å²) in [5, 5.41) is 0. The molecule has 0 saturated heterocycles. The van der Waals surface area contributed by atoms with E-state index in [1.165, 1.54) is 5.56 Å². The van der Waals surface area contributed by atoms with Crippen molar-refractivity contribution in [2.45, 2.75) is 11.2 Å². The van der Waals surface area contributed by atoms with E-state index in [1.54, 1.807) is 30.6 Å². The van der Waals surface area contributed by atoms with Crippen LogP contribution in [0.4, 0.5) is 0 Å². The average Bonchev–Trinajstić information content (AvgIpc) is 2.76. The van der Waals surface area contributed by atoms with Crippen molar-refractivity contribution < 1.29 is 4.74 Å². The van der Waals surface area contributed by atoms with Crippen LogP contribution >= 0.6 is 23.5 Å². The van der Waals surface area contributed by atoms with Crippen LogP contribution in [0.2, 0.25) is 0 Å². The maximum absolute atomic E-state index is 5.23. The van der Waals surface area contributed by atoms with Crippen LogP contribution in [0.1, 0.15) is 5.56 Å². The van der Waals surface area contributed by atoms with E-state index in [2.05, 4.69) is 29.3 Å². The van der Waals surface area contributed by atoms with Gasteiger partial charge in [0.2, 0.25) is 0 Å². The second kappa shape index (κ2) is 5.58. The second-order valence-electron chi connectivity index (χ2n) is 3.16. The summed E-state index contributed by atoms with van der Waals surface area (Å²) in [6, 6.07) is 10.5. The van der Waals surface area contributed by atoms with Gasteiger partial charge in [-0.3, -0.25) is 4.99 Å². The van der Waals surface area contributed by atoms with Crippen molar-refractivity contribution in [3.8, 4) is 0 Å². The van der Waals surface area contributed by atoms with Crippen molar-refractivity contribution in [1.82, 2.24) is 0 Å². The normalized spacial score (nSPS) is 20.3. The number of methoxy groups -OCH3 is 1. The Morgan fingerprint density at radius 2 is 2.27 bits per heavy atom. The van der Waals surface area contributed by atoms with Crippen LogP contribution in [0.15, 0.2) is 35.3 Å². The summed E-state index contributed by atoms with van der Waals surface area (Å²) < 4.78 is 6.37. The first-order valence-electron chi connectivity index (χ1n) is 4.79. The van der Waals surface area contributed by atoms with Gasteiger partial charge in [0.05, 0.1) is 6.54 Å². The number of hydrogen-bond acceptors (Lipinski definition) is 4. The molecule has 0 radical (unpaired) electrons. The van der Waals surface area contributed by atoms with Crippen molar-refractivity contribution >= 4 is 27.9 Å². The Bertz CT molecular complexity index is 340. The molecule has 0 N–H and O–H groups in total. The molecule has 2 nitrogen and oxygen atoms in total. The smallest absolute Gasteiger partial charge is 0.128 e. The summed E-state index contributed by atoms with van der Waals surface area (Å²) in [7, 11) is 1.73. The maximum atomic E-state index is 5.23. The lowest BCUT2D eigenvalue weighted by Crippen LogP contribution is -2.04. The van der Waals surface area contributed by atoms with Gasteiger partial charge in [-0.15, -0.1) is 0 Å². The molecule has 1 unspecified atom stereocenters. The highest BCUT2D eigenvalue weighted by Gasteiger charge is 2.18. The number of ether oxygens (including phenoxy) is 1. The molecule has 0 saturated carbocycles. The van der Waals surface area contributed by atoms with Crippen LogP contribution in [-0.2, 0) is 10.5 Å². The maximum Gasteiger partial charge on any atom is 0.128 e. The molecule has 1 aromatic rings. The SMILES string of the molecule is COC1CN=C(SCc2ccccc2)S1. The Labute approximate surface area is 98.5 Å². The third-order valence-electron chi connectivity index (χ3n) is 2.07. The van der Waals surface area contributed by atoms with Crippen LogP contribution in [0.3, 0.4) is 0 Å². The van der Waals surface area contributed by atoms with Crippen LogP contribution < -0.4 is 0 Å². The number of nitrogens with zero attached hydrogens (tertiary/aromatic N) is 1. The minimum Gasteiger partial charge on any atom is -0.368 e. The Balaban J connectivity index is 1.80. The quantitative estimate of drug-likeness (QED) is 0.809. The predicted molar refractivity (Wildman–Crippen MR) is 68.4 cm³/mol. The molecule has 0 fully saturated rings. The van der Waals surface area contributed by atoms with Crippen molar-refractivity contribution in [3.63, 3.8) is 0 Å². The van der Waals surface area contributed by atoms with Crippen molar-refractivity contribution in [3.05, 3.63) is 35.9 Å². The summed E-state index contributed by atoms with van der Waals surface area (Å²) in [6.07, 6.45) is 0. The molecular formula is C11H13NOS2.